The second kappa shape index (κ2) is 49.8. The first-order chi connectivity index (χ1) is 36.1. The second-order valence-corrected chi connectivity index (χ2v) is 19.1. The molecule has 6 unspecified atom stereocenters. The fourth-order valence-corrected chi connectivity index (χ4v) is 7.89. The third kappa shape index (κ3) is 42.2. The lowest BCUT2D eigenvalue weighted by atomic mass is 9.99. The van der Waals surface area contributed by atoms with Gasteiger partial charge in [-0.2, -0.15) is 8.42 Å². The minimum Gasteiger partial charge on any atom is -0.457 e. The predicted molar refractivity (Wildman–Crippen MR) is 303 cm³/mol. The van der Waals surface area contributed by atoms with Gasteiger partial charge < -0.3 is 34.3 Å². The molecular weight excluding hydrogens is 957 g/mol. The van der Waals surface area contributed by atoms with Crippen LogP contribution in [0.15, 0.2) is 146 Å². The monoisotopic (exact) mass is 1050 g/mol. The van der Waals surface area contributed by atoms with Crippen molar-refractivity contribution in [1.82, 2.24) is 0 Å². The summed E-state index contributed by atoms with van der Waals surface area (Å²) >= 11 is 0. The Balaban J connectivity index is 2.39. The molecule has 0 amide bonds. The van der Waals surface area contributed by atoms with Gasteiger partial charge in [0, 0.05) is 13.0 Å². The normalized spacial score (nSPS) is 19.9. The Kier molecular flexibility index (Phi) is 45.8. The lowest BCUT2D eigenvalue weighted by molar-refractivity contribution is -0.301. The van der Waals surface area contributed by atoms with Crippen molar-refractivity contribution in [3.05, 3.63) is 146 Å². The Labute approximate surface area is 447 Å². The third-order valence-corrected chi connectivity index (χ3v) is 11.9. The predicted octanol–water partition coefficient (Wildman–Crippen LogP) is 13.6. The van der Waals surface area contributed by atoms with E-state index in [1.54, 1.807) is 0 Å². The van der Waals surface area contributed by atoms with E-state index < -0.39 is 59.8 Å². The summed E-state index contributed by atoms with van der Waals surface area (Å²) in [6.45, 7) is 3.65. The van der Waals surface area contributed by atoms with Crippen LogP contribution in [0.25, 0.3) is 0 Å². The average Bonchev–Trinajstić information content (AvgIpc) is 3.38. The highest BCUT2D eigenvalue weighted by atomic mass is 32.3. The summed E-state index contributed by atoms with van der Waals surface area (Å²) in [7, 11) is -5.08. The first-order valence-corrected chi connectivity index (χ1v) is 29.0. The van der Waals surface area contributed by atoms with Crippen molar-refractivity contribution in [3.63, 3.8) is 0 Å². The van der Waals surface area contributed by atoms with E-state index in [0.29, 0.717) is 13.0 Å². The summed E-state index contributed by atoms with van der Waals surface area (Å²) in [6.07, 6.45) is 65.9. The number of aliphatic hydroxyl groups excluding tert-OH is 3. The quantitative estimate of drug-likeness (QED) is 0.0197. The van der Waals surface area contributed by atoms with Crippen molar-refractivity contribution in [1.29, 1.82) is 0 Å². The molecule has 0 radical (unpaired) electrons. The highest BCUT2D eigenvalue weighted by Crippen LogP contribution is 2.26. The highest BCUT2D eigenvalue weighted by molar-refractivity contribution is 7.80. The van der Waals surface area contributed by atoms with Gasteiger partial charge in [0.1, 0.15) is 30.5 Å². The van der Waals surface area contributed by atoms with Crippen molar-refractivity contribution in [2.45, 2.75) is 205 Å². The van der Waals surface area contributed by atoms with Crippen LogP contribution in [0.1, 0.15) is 168 Å². The molecule has 4 N–H and O–H groups in total. The second-order valence-electron chi connectivity index (χ2n) is 18.1. The SMILES string of the molecule is CC/C=C\C/C=C\C/C=C\C/C=C\C/C=C\C/C=C\C/C=C\CCCCCCOCC(COC1OC(CO)C(O)C(OS(=O)(=O)O)C1O)OC(=O)CCCCCCC/C=C\C/C=C\C/C=C\C/C=C\C/C=C\CC. The molecule has 1 saturated heterocycles. The van der Waals surface area contributed by atoms with Gasteiger partial charge in [0.25, 0.3) is 0 Å². The first-order valence-electron chi connectivity index (χ1n) is 27.6. The number of ether oxygens (including phenoxy) is 4. The smallest absolute Gasteiger partial charge is 0.397 e. The number of hydrogen-bond donors (Lipinski definition) is 4. The Hall–Kier alpha value is -4.02. The molecule has 1 aliphatic heterocycles. The summed E-state index contributed by atoms with van der Waals surface area (Å²) in [4.78, 5) is 12.9. The molecular formula is C61H96O12S. The lowest BCUT2D eigenvalue weighted by Crippen LogP contribution is -2.60. The fourth-order valence-electron chi connectivity index (χ4n) is 7.38. The molecule has 13 heteroatoms. The Morgan fingerprint density at radius 1 is 0.514 bits per heavy atom. The van der Waals surface area contributed by atoms with E-state index in [1.807, 2.05) is 0 Å². The van der Waals surface area contributed by atoms with Crippen molar-refractivity contribution >= 4 is 16.4 Å². The van der Waals surface area contributed by atoms with Crippen molar-refractivity contribution in [3.8, 4) is 0 Å². The maximum Gasteiger partial charge on any atom is 0.397 e. The Morgan fingerprint density at radius 3 is 1.30 bits per heavy atom. The topological polar surface area (TPSA) is 178 Å². The van der Waals surface area contributed by atoms with E-state index in [9.17, 15) is 33.1 Å². The highest BCUT2D eigenvalue weighted by Gasteiger charge is 2.48. The van der Waals surface area contributed by atoms with Crippen LogP contribution in [0.3, 0.4) is 0 Å². The van der Waals surface area contributed by atoms with Crippen molar-refractivity contribution in [2.24, 2.45) is 0 Å². The minimum absolute atomic E-state index is 0.00130. The van der Waals surface area contributed by atoms with E-state index in [1.165, 1.54) is 0 Å². The van der Waals surface area contributed by atoms with Crippen LogP contribution < -0.4 is 0 Å². The molecule has 0 aromatic carbocycles. The molecule has 1 rings (SSSR count). The zero-order chi connectivity index (χ0) is 53.8. The zero-order valence-corrected chi connectivity index (χ0v) is 45.9. The van der Waals surface area contributed by atoms with Crippen LogP contribution in [0.2, 0.25) is 0 Å². The minimum atomic E-state index is -5.08. The number of unbranched alkanes of at least 4 members (excludes halogenated alkanes) is 9. The molecule has 0 aromatic heterocycles. The van der Waals surface area contributed by atoms with Crippen molar-refractivity contribution < 1.29 is 56.2 Å². The van der Waals surface area contributed by atoms with Crippen LogP contribution in [-0.2, 0) is 38.3 Å². The van der Waals surface area contributed by atoms with Crippen LogP contribution in [0, 0.1) is 0 Å². The molecule has 1 aliphatic rings. The maximum atomic E-state index is 12.9. The largest absolute Gasteiger partial charge is 0.457 e. The first kappa shape index (κ1) is 68.0. The zero-order valence-electron chi connectivity index (χ0n) is 45.1. The molecule has 6 atom stereocenters. The fraction of sp³-hybridized carbons (Fsp3) is 0.590. The van der Waals surface area contributed by atoms with E-state index in [-0.39, 0.29) is 19.6 Å². The number of rotatable bonds is 46. The number of allylic oxidation sites excluding steroid dienone is 24. The number of carbonyl (C=O) groups is 1. The summed E-state index contributed by atoms with van der Waals surface area (Å²) < 4.78 is 59.3. The Morgan fingerprint density at radius 2 is 0.892 bits per heavy atom. The van der Waals surface area contributed by atoms with Gasteiger partial charge in [-0.25, -0.2) is 4.18 Å². The van der Waals surface area contributed by atoms with Crippen LogP contribution in [0.5, 0.6) is 0 Å². The molecule has 1 fully saturated rings. The summed E-state index contributed by atoms with van der Waals surface area (Å²) in [6, 6.07) is 0. The number of esters is 1. The van der Waals surface area contributed by atoms with Gasteiger partial charge in [-0.3, -0.25) is 9.35 Å². The van der Waals surface area contributed by atoms with Crippen LogP contribution in [0.4, 0.5) is 0 Å². The number of hydrogen-bond acceptors (Lipinski definition) is 11. The molecule has 12 nitrogen and oxygen atoms in total. The van der Waals surface area contributed by atoms with Crippen molar-refractivity contribution in [2.75, 3.05) is 26.4 Å². The number of aliphatic hydroxyl groups is 3. The summed E-state index contributed by atoms with van der Waals surface area (Å²) in [5.41, 5.74) is 0. The maximum absolute atomic E-state index is 12.9. The van der Waals surface area contributed by atoms with Gasteiger partial charge in [0.05, 0.1) is 19.8 Å². The molecule has 74 heavy (non-hydrogen) atoms. The third-order valence-electron chi connectivity index (χ3n) is 11.5. The molecule has 0 aromatic rings. The standard InChI is InChI=1S/C61H96O12S/c1-3-5-7-9-11-13-15-17-19-21-23-25-26-27-28-29-31-33-35-37-39-41-43-45-47-49-51-69-53-55(54-70-61-59(65)60(73-74(66,67)68)58(64)56(52-62)72-61)71-57(63)50-48-46-44-42-40-38-36-34-32-30-24-22-20-18-16-14-12-10-8-6-4-2/h5-8,11-14,17-20,23-25,27-28,30-31,33-34,36-37,39,55-56,58-62,64-65H,3-4,9-10,15-16,21-22,26,29,32,35,38,40-54H2,1-2H3,(H,66,67,68)/b7-5-,8-6-,13-11-,14-12-,19-17-,20-18-,25-23-,28-27-,30-24-,33-31-,36-34-,39-37-. The lowest BCUT2D eigenvalue weighted by Gasteiger charge is -2.41. The Bertz CT molecular complexity index is 1840. The van der Waals surface area contributed by atoms with E-state index in [2.05, 4.69) is 164 Å². The van der Waals surface area contributed by atoms with Gasteiger partial charge in [-0.15, -0.1) is 0 Å². The van der Waals surface area contributed by atoms with Gasteiger partial charge in [0.2, 0.25) is 0 Å². The van der Waals surface area contributed by atoms with Crippen LogP contribution >= 0.6 is 0 Å². The van der Waals surface area contributed by atoms with Gasteiger partial charge in [-0.1, -0.05) is 192 Å². The molecule has 0 saturated carbocycles. The van der Waals surface area contributed by atoms with E-state index in [0.717, 1.165) is 141 Å². The molecule has 418 valence electrons. The summed E-state index contributed by atoms with van der Waals surface area (Å²) in [5.74, 6) is -0.434. The molecule has 0 aliphatic carbocycles. The average molecular weight is 1050 g/mol. The van der Waals surface area contributed by atoms with Gasteiger partial charge >= 0.3 is 16.4 Å². The van der Waals surface area contributed by atoms with E-state index >= 15 is 0 Å². The van der Waals surface area contributed by atoms with Crippen LogP contribution in [-0.4, -0.2) is 97.5 Å². The van der Waals surface area contributed by atoms with Gasteiger partial charge in [0.15, 0.2) is 6.29 Å². The molecule has 0 bridgehead atoms. The van der Waals surface area contributed by atoms with E-state index in [4.69, 9.17) is 18.9 Å². The molecule has 0 spiro atoms. The van der Waals surface area contributed by atoms with Gasteiger partial charge in [-0.05, 0) is 116 Å². The molecule has 1 heterocycles. The number of carbonyl (C=O) groups excluding carboxylic acids is 1. The summed E-state index contributed by atoms with van der Waals surface area (Å²) in [5, 5.41) is 30.8.